The van der Waals surface area contributed by atoms with Crippen molar-refractivity contribution in [3.8, 4) is 0 Å². The first kappa shape index (κ1) is 22.1. The van der Waals surface area contributed by atoms with Crippen LogP contribution in [0, 0.1) is 5.92 Å². The molecule has 6 nitrogen and oxygen atoms in total. The second-order valence-corrected chi connectivity index (χ2v) is 9.10. The van der Waals surface area contributed by atoms with Gasteiger partial charge in [0.15, 0.2) is 5.76 Å². The minimum Gasteiger partial charge on any atom is -0.461 e. The molecule has 6 heteroatoms. The van der Waals surface area contributed by atoms with Crippen molar-refractivity contribution in [2.24, 2.45) is 11.1 Å². The van der Waals surface area contributed by atoms with Gasteiger partial charge in [0.25, 0.3) is 0 Å². The summed E-state index contributed by atoms with van der Waals surface area (Å²) in [6, 6.07) is 14.6. The summed E-state index contributed by atoms with van der Waals surface area (Å²) in [7, 11) is 0. The molecule has 0 bridgehead atoms. The quantitative estimate of drug-likeness (QED) is 0.147. The Labute approximate surface area is 197 Å². The smallest absolute Gasteiger partial charge is 0.228 e. The van der Waals surface area contributed by atoms with E-state index < -0.39 is 0 Å². The highest BCUT2D eigenvalue weighted by Gasteiger charge is 2.23. The number of hydrogen-bond donors (Lipinski definition) is 1. The van der Waals surface area contributed by atoms with E-state index in [2.05, 4.69) is 16.6 Å². The van der Waals surface area contributed by atoms with Crippen molar-refractivity contribution in [1.29, 1.82) is 0 Å². The van der Waals surface area contributed by atoms with Gasteiger partial charge in [0.1, 0.15) is 5.71 Å². The van der Waals surface area contributed by atoms with Crippen LogP contribution in [0.5, 0.6) is 0 Å². The first-order valence-electron chi connectivity index (χ1n) is 12.0. The molecule has 4 aromatic rings. The van der Waals surface area contributed by atoms with Crippen molar-refractivity contribution in [2.75, 3.05) is 0 Å². The van der Waals surface area contributed by atoms with Crippen LogP contribution in [-0.2, 0) is 6.54 Å². The molecule has 2 aromatic heterocycles. The Morgan fingerprint density at radius 2 is 1.68 bits per heavy atom. The molecule has 1 saturated carbocycles. The molecular weight excluding hydrogens is 428 g/mol. The van der Waals surface area contributed by atoms with E-state index in [4.69, 9.17) is 4.42 Å². The van der Waals surface area contributed by atoms with Crippen molar-refractivity contribution in [1.82, 2.24) is 4.57 Å². The number of carbonyl (C=O) groups is 2. The van der Waals surface area contributed by atoms with E-state index in [1.807, 2.05) is 30.3 Å². The summed E-state index contributed by atoms with van der Waals surface area (Å²) in [5.74, 6) is 0.263. The maximum absolute atomic E-state index is 13.3. The monoisotopic (exact) mass is 456 g/mol. The van der Waals surface area contributed by atoms with E-state index in [0.717, 1.165) is 41.2 Å². The lowest BCUT2D eigenvalue weighted by Crippen LogP contribution is -2.20. The van der Waals surface area contributed by atoms with E-state index >= 15 is 0 Å². The van der Waals surface area contributed by atoms with Crippen LogP contribution in [-0.4, -0.2) is 27.1 Å². The minimum absolute atomic E-state index is 0.182. The summed E-state index contributed by atoms with van der Waals surface area (Å²) in [6.45, 7) is 2.82. The van der Waals surface area contributed by atoms with Crippen LogP contribution >= 0.6 is 0 Å². The van der Waals surface area contributed by atoms with E-state index in [0.29, 0.717) is 29.2 Å². The zero-order valence-electron chi connectivity index (χ0n) is 19.3. The zero-order chi connectivity index (χ0) is 23.7. The van der Waals surface area contributed by atoms with Crippen molar-refractivity contribution >= 4 is 39.1 Å². The van der Waals surface area contributed by atoms with Gasteiger partial charge in [-0.25, -0.2) is 0 Å². The Bertz CT molecular complexity index is 1390. The molecular formula is C28H28N2O4. The predicted molar refractivity (Wildman–Crippen MR) is 132 cm³/mol. The van der Waals surface area contributed by atoms with Crippen molar-refractivity contribution in [3.63, 3.8) is 0 Å². The lowest BCUT2D eigenvalue weighted by atomic mass is 9.84. The van der Waals surface area contributed by atoms with Crippen LogP contribution in [0.1, 0.15) is 71.9 Å². The standard InChI is InChI=1S/C28H28N2O4/c1-2-30-24-12-10-19(27(31)23(29-33)15-18-7-4-3-5-8-18)16-21(24)22-17-20(11-13-25(22)30)28(32)26-9-6-14-34-26/h6,9-14,16-18,33H,2-5,7-8,15H2,1H3. The molecule has 0 radical (unpaired) electrons. The molecule has 0 amide bonds. The lowest BCUT2D eigenvalue weighted by molar-refractivity contribution is 0.101. The van der Waals surface area contributed by atoms with E-state index in [1.165, 1.54) is 25.5 Å². The Kier molecular flexibility index (Phi) is 6.05. The molecule has 174 valence electrons. The second kappa shape index (κ2) is 9.29. The molecule has 0 unspecified atom stereocenters. The van der Waals surface area contributed by atoms with Crippen LogP contribution in [0.4, 0.5) is 0 Å². The van der Waals surface area contributed by atoms with Gasteiger partial charge >= 0.3 is 0 Å². The van der Waals surface area contributed by atoms with Gasteiger partial charge in [-0.2, -0.15) is 0 Å². The average molecular weight is 457 g/mol. The molecule has 2 heterocycles. The predicted octanol–water partition coefficient (Wildman–Crippen LogP) is 6.62. The van der Waals surface area contributed by atoms with Gasteiger partial charge < -0.3 is 14.2 Å². The minimum atomic E-state index is -0.241. The number of benzene rings is 2. The van der Waals surface area contributed by atoms with Gasteiger partial charge in [-0.15, -0.1) is 0 Å². The van der Waals surface area contributed by atoms with E-state index in [9.17, 15) is 14.8 Å². The largest absolute Gasteiger partial charge is 0.461 e. The maximum Gasteiger partial charge on any atom is 0.228 e. The Morgan fingerprint density at radius 3 is 2.29 bits per heavy atom. The summed E-state index contributed by atoms with van der Waals surface area (Å²) < 4.78 is 7.46. The first-order valence-corrected chi connectivity index (χ1v) is 12.0. The summed E-state index contributed by atoms with van der Waals surface area (Å²) in [5.41, 5.74) is 3.24. The third-order valence-corrected chi connectivity index (χ3v) is 7.04. The number of hydrogen-bond acceptors (Lipinski definition) is 5. The molecule has 1 fully saturated rings. The molecule has 1 aliphatic carbocycles. The Hall–Kier alpha value is -3.67. The number of carbonyl (C=O) groups excluding carboxylic acids is 2. The number of Topliss-reactive ketones (excluding diaryl/α,β-unsaturated/α-hetero) is 1. The van der Waals surface area contributed by atoms with Gasteiger partial charge in [-0.3, -0.25) is 9.59 Å². The molecule has 2 aromatic carbocycles. The number of aromatic nitrogens is 1. The number of nitrogens with zero attached hydrogens (tertiary/aromatic N) is 2. The van der Waals surface area contributed by atoms with Gasteiger partial charge in [0.05, 0.1) is 6.26 Å². The summed E-state index contributed by atoms with van der Waals surface area (Å²) >= 11 is 0. The number of rotatable bonds is 7. The number of ketones is 2. The maximum atomic E-state index is 13.3. The van der Waals surface area contributed by atoms with Gasteiger partial charge in [0, 0.05) is 39.5 Å². The topological polar surface area (TPSA) is 84.8 Å². The second-order valence-electron chi connectivity index (χ2n) is 9.10. The zero-order valence-corrected chi connectivity index (χ0v) is 19.3. The number of oxime groups is 1. The molecule has 1 N–H and O–H groups in total. The van der Waals surface area contributed by atoms with Crippen molar-refractivity contribution < 1.29 is 19.2 Å². The third-order valence-electron chi connectivity index (χ3n) is 7.04. The molecule has 5 rings (SSSR count). The molecule has 34 heavy (non-hydrogen) atoms. The van der Waals surface area contributed by atoms with Crippen molar-refractivity contribution in [2.45, 2.75) is 52.0 Å². The lowest BCUT2D eigenvalue weighted by Gasteiger charge is -2.21. The molecule has 0 atom stereocenters. The number of aryl methyl sites for hydroxylation is 1. The Morgan fingerprint density at radius 1 is 1.00 bits per heavy atom. The molecule has 0 spiro atoms. The first-order chi connectivity index (χ1) is 16.6. The fraction of sp³-hybridized carbons (Fsp3) is 0.321. The van der Waals surface area contributed by atoms with Crippen LogP contribution in [0.3, 0.4) is 0 Å². The fourth-order valence-electron chi connectivity index (χ4n) is 5.29. The summed E-state index contributed by atoms with van der Waals surface area (Å²) in [5, 5.41) is 14.8. The molecule has 0 aliphatic heterocycles. The number of furan rings is 1. The van der Waals surface area contributed by atoms with Crippen LogP contribution < -0.4 is 0 Å². The van der Waals surface area contributed by atoms with Gasteiger partial charge in [0.2, 0.25) is 11.6 Å². The summed E-state index contributed by atoms with van der Waals surface area (Å²) in [6.07, 6.45) is 7.70. The highest BCUT2D eigenvalue weighted by atomic mass is 16.4. The molecule has 1 aliphatic rings. The van der Waals surface area contributed by atoms with Crippen molar-refractivity contribution in [3.05, 3.63) is 71.7 Å². The van der Waals surface area contributed by atoms with Gasteiger partial charge in [-0.1, -0.05) is 37.3 Å². The summed E-state index contributed by atoms with van der Waals surface area (Å²) in [4.78, 5) is 26.1. The molecule has 0 saturated heterocycles. The third kappa shape index (κ3) is 3.94. The van der Waals surface area contributed by atoms with E-state index in [-0.39, 0.29) is 17.3 Å². The fourth-order valence-corrected chi connectivity index (χ4v) is 5.29. The van der Waals surface area contributed by atoms with Crippen LogP contribution in [0.25, 0.3) is 21.8 Å². The normalized spacial score (nSPS) is 15.3. The van der Waals surface area contributed by atoms with Gasteiger partial charge in [-0.05, 0) is 67.8 Å². The van der Waals surface area contributed by atoms with Crippen LogP contribution in [0.15, 0.2) is 64.4 Å². The van der Waals surface area contributed by atoms with E-state index in [1.54, 1.807) is 18.2 Å². The Balaban J connectivity index is 1.55. The van der Waals surface area contributed by atoms with Crippen LogP contribution in [0.2, 0.25) is 0 Å². The SMILES string of the molecule is CCn1c2ccc(C(=O)C(CC3CCCCC3)=NO)cc2c2cc(C(=O)c3ccco3)ccc21. The number of fused-ring (bicyclic) bond motifs is 3. The highest BCUT2D eigenvalue weighted by molar-refractivity contribution is 6.46. The highest BCUT2D eigenvalue weighted by Crippen LogP contribution is 2.32. The average Bonchev–Trinajstić information content (AvgIpc) is 3.53.